The Labute approximate surface area is 115 Å². The van der Waals surface area contributed by atoms with Crippen molar-refractivity contribution in [2.75, 3.05) is 31.5 Å². The number of carbonyl (C=O) groups excluding carboxylic acids is 1. The van der Waals surface area contributed by atoms with Crippen LogP contribution < -0.4 is 10.6 Å². The standard InChI is InChI=1S/C15H23N3O/c1-3-13-5-4-6-14(9-13)17-15(19)11-18-8-7-16-12(2)10-18/h4-6,9,12,16H,3,7-8,10-11H2,1-2H3,(H,17,19)/t12-/m0/s1. The molecule has 1 heterocycles. The molecule has 104 valence electrons. The lowest BCUT2D eigenvalue weighted by Crippen LogP contribution is -2.51. The number of piperazine rings is 1. The lowest BCUT2D eigenvalue weighted by molar-refractivity contribution is -0.117. The van der Waals surface area contributed by atoms with Crippen LogP contribution in [0.2, 0.25) is 0 Å². The van der Waals surface area contributed by atoms with Crippen molar-refractivity contribution in [2.45, 2.75) is 26.3 Å². The van der Waals surface area contributed by atoms with Gasteiger partial charge in [0.15, 0.2) is 0 Å². The van der Waals surface area contributed by atoms with E-state index in [-0.39, 0.29) is 5.91 Å². The SMILES string of the molecule is CCc1cccc(NC(=O)CN2CCN[C@@H](C)C2)c1. The molecule has 1 aromatic rings. The molecule has 0 saturated carbocycles. The second kappa shape index (κ2) is 6.68. The molecule has 1 fully saturated rings. The van der Waals surface area contributed by atoms with Gasteiger partial charge in [0.25, 0.3) is 0 Å². The summed E-state index contributed by atoms with van der Waals surface area (Å²) in [5.74, 6) is 0.0716. The minimum atomic E-state index is 0.0716. The van der Waals surface area contributed by atoms with Crippen molar-refractivity contribution in [3.8, 4) is 0 Å². The van der Waals surface area contributed by atoms with Crippen LogP contribution in [-0.2, 0) is 11.2 Å². The van der Waals surface area contributed by atoms with Crippen molar-refractivity contribution < 1.29 is 4.79 Å². The molecular formula is C15H23N3O. The zero-order chi connectivity index (χ0) is 13.7. The number of nitrogens with one attached hydrogen (secondary N) is 2. The number of amides is 1. The van der Waals surface area contributed by atoms with Crippen molar-refractivity contribution in [1.82, 2.24) is 10.2 Å². The van der Waals surface area contributed by atoms with E-state index in [9.17, 15) is 4.79 Å². The normalized spacial score (nSPS) is 20.2. The first-order valence-corrected chi connectivity index (χ1v) is 7.02. The van der Waals surface area contributed by atoms with Crippen LogP contribution in [0.25, 0.3) is 0 Å². The first-order valence-electron chi connectivity index (χ1n) is 7.02. The summed E-state index contributed by atoms with van der Waals surface area (Å²) in [6.07, 6.45) is 0.985. The lowest BCUT2D eigenvalue weighted by atomic mass is 10.1. The van der Waals surface area contributed by atoms with E-state index in [0.717, 1.165) is 31.7 Å². The van der Waals surface area contributed by atoms with Crippen LogP contribution >= 0.6 is 0 Å². The van der Waals surface area contributed by atoms with Gasteiger partial charge in [0.1, 0.15) is 0 Å². The Morgan fingerprint density at radius 2 is 2.37 bits per heavy atom. The molecule has 1 atom stereocenters. The van der Waals surface area contributed by atoms with Crippen LogP contribution in [-0.4, -0.2) is 43.0 Å². The Hall–Kier alpha value is -1.39. The van der Waals surface area contributed by atoms with E-state index in [1.54, 1.807) is 0 Å². The Balaban J connectivity index is 1.86. The fourth-order valence-corrected chi connectivity index (χ4v) is 2.43. The summed E-state index contributed by atoms with van der Waals surface area (Å²) < 4.78 is 0. The molecule has 4 nitrogen and oxygen atoms in total. The molecule has 0 bridgehead atoms. The van der Waals surface area contributed by atoms with Gasteiger partial charge in [-0.3, -0.25) is 9.69 Å². The van der Waals surface area contributed by atoms with Crippen LogP contribution in [0.15, 0.2) is 24.3 Å². The summed E-state index contributed by atoms with van der Waals surface area (Å²) in [6, 6.07) is 8.51. The molecule has 2 rings (SSSR count). The molecule has 2 N–H and O–H groups in total. The number of rotatable bonds is 4. The molecule has 19 heavy (non-hydrogen) atoms. The van der Waals surface area contributed by atoms with Gasteiger partial charge in [-0.15, -0.1) is 0 Å². The summed E-state index contributed by atoms with van der Waals surface area (Å²) in [5, 5.41) is 6.35. The first kappa shape index (κ1) is 14.0. The maximum absolute atomic E-state index is 12.0. The highest BCUT2D eigenvalue weighted by molar-refractivity contribution is 5.92. The molecule has 4 heteroatoms. The molecule has 1 amide bonds. The summed E-state index contributed by atoms with van der Waals surface area (Å²) >= 11 is 0. The van der Waals surface area contributed by atoms with E-state index in [4.69, 9.17) is 0 Å². The topological polar surface area (TPSA) is 44.4 Å². The number of hydrogen-bond acceptors (Lipinski definition) is 3. The molecule has 0 aliphatic carbocycles. The molecule has 1 aromatic carbocycles. The molecule has 0 aromatic heterocycles. The van der Waals surface area contributed by atoms with Crippen molar-refractivity contribution >= 4 is 11.6 Å². The van der Waals surface area contributed by atoms with Crippen LogP contribution in [0.1, 0.15) is 19.4 Å². The van der Waals surface area contributed by atoms with E-state index >= 15 is 0 Å². The average Bonchev–Trinajstić information content (AvgIpc) is 2.38. The molecule has 1 aliphatic rings. The number of carbonyl (C=O) groups is 1. The minimum absolute atomic E-state index is 0.0716. The van der Waals surface area contributed by atoms with Crippen LogP contribution in [0.3, 0.4) is 0 Å². The zero-order valence-electron chi connectivity index (χ0n) is 11.8. The second-order valence-corrected chi connectivity index (χ2v) is 5.19. The summed E-state index contributed by atoms with van der Waals surface area (Å²) in [7, 11) is 0. The van der Waals surface area contributed by atoms with Gasteiger partial charge in [-0.1, -0.05) is 19.1 Å². The molecule has 0 unspecified atom stereocenters. The van der Waals surface area contributed by atoms with Crippen molar-refractivity contribution in [2.24, 2.45) is 0 Å². The zero-order valence-corrected chi connectivity index (χ0v) is 11.8. The van der Waals surface area contributed by atoms with E-state index < -0.39 is 0 Å². The van der Waals surface area contributed by atoms with Crippen molar-refractivity contribution in [3.63, 3.8) is 0 Å². The van der Waals surface area contributed by atoms with Gasteiger partial charge in [-0.05, 0) is 31.0 Å². The summed E-state index contributed by atoms with van der Waals surface area (Å²) in [4.78, 5) is 14.2. The number of anilines is 1. The van der Waals surface area contributed by atoms with E-state index in [1.165, 1.54) is 5.56 Å². The van der Waals surface area contributed by atoms with E-state index in [1.807, 2.05) is 18.2 Å². The molecule has 1 saturated heterocycles. The number of aryl methyl sites for hydroxylation is 1. The fourth-order valence-electron chi connectivity index (χ4n) is 2.43. The van der Waals surface area contributed by atoms with Crippen LogP contribution in [0, 0.1) is 0 Å². The molecule has 1 aliphatic heterocycles. The van der Waals surface area contributed by atoms with Crippen LogP contribution in [0.5, 0.6) is 0 Å². The smallest absolute Gasteiger partial charge is 0.238 e. The maximum Gasteiger partial charge on any atom is 0.238 e. The highest BCUT2D eigenvalue weighted by atomic mass is 16.2. The first-order chi connectivity index (χ1) is 9.17. The maximum atomic E-state index is 12.0. The minimum Gasteiger partial charge on any atom is -0.325 e. The van der Waals surface area contributed by atoms with E-state index in [2.05, 4.69) is 35.4 Å². The van der Waals surface area contributed by atoms with Gasteiger partial charge in [0.2, 0.25) is 5.91 Å². The van der Waals surface area contributed by atoms with Crippen molar-refractivity contribution in [1.29, 1.82) is 0 Å². The van der Waals surface area contributed by atoms with Gasteiger partial charge in [-0.2, -0.15) is 0 Å². The third-order valence-corrected chi connectivity index (χ3v) is 3.44. The van der Waals surface area contributed by atoms with Crippen LogP contribution in [0.4, 0.5) is 5.69 Å². The number of benzene rings is 1. The lowest BCUT2D eigenvalue weighted by Gasteiger charge is -2.31. The second-order valence-electron chi connectivity index (χ2n) is 5.19. The van der Waals surface area contributed by atoms with Gasteiger partial charge in [0.05, 0.1) is 6.54 Å². The molecule has 0 radical (unpaired) electrons. The number of hydrogen-bond donors (Lipinski definition) is 2. The fraction of sp³-hybridized carbons (Fsp3) is 0.533. The van der Waals surface area contributed by atoms with Crippen molar-refractivity contribution in [3.05, 3.63) is 29.8 Å². The Bertz CT molecular complexity index is 433. The third-order valence-electron chi connectivity index (χ3n) is 3.44. The van der Waals surface area contributed by atoms with Gasteiger partial charge in [0, 0.05) is 31.4 Å². The average molecular weight is 261 g/mol. The Morgan fingerprint density at radius 3 is 3.11 bits per heavy atom. The van der Waals surface area contributed by atoms with Gasteiger partial charge < -0.3 is 10.6 Å². The monoisotopic (exact) mass is 261 g/mol. The number of nitrogens with zero attached hydrogens (tertiary/aromatic N) is 1. The predicted molar refractivity (Wildman–Crippen MR) is 78.4 cm³/mol. The summed E-state index contributed by atoms with van der Waals surface area (Å²) in [5.41, 5.74) is 2.14. The predicted octanol–water partition coefficient (Wildman–Crippen LogP) is 1.48. The molecule has 0 spiro atoms. The van der Waals surface area contributed by atoms with E-state index in [0.29, 0.717) is 12.6 Å². The largest absolute Gasteiger partial charge is 0.325 e. The molecular weight excluding hydrogens is 238 g/mol. The highest BCUT2D eigenvalue weighted by Crippen LogP contribution is 2.11. The third kappa shape index (κ3) is 4.33. The Morgan fingerprint density at radius 1 is 1.53 bits per heavy atom. The van der Waals surface area contributed by atoms with Gasteiger partial charge in [-0.25, -0.2) is 0 Å². The summed E-state index contributed by atoms with van der Waals surface area (Å²) in [6.45, 7) is 7.56. The Kier molecular flexibility index (Phi) is 4.93. The highest BCUT2D eigenvalue weighted by Gasteiger charge is 2.17. The van der Waals surface area contributed by atoms with Gasteiger partial charge >= 0.3 is 0 Å². The quantitative estimate of drug-likeness (QED) is 0.863.